The average molecular weight is 314 g/mol. The summed E-state index contributed by atoms with van der Waals surface area (Å²) in [5.74, 6) is 0.267. The molecule has 0 fully saturated rings. The molecule has 3 nitrogen and oxygen atoms in total. The maximum Gasteiger partial charge on any atom is 0.194 e. The Bertz CT molecular complexity index is 1010. The van der Waals surface area contributed by atoms with E-state index >= 15 is 0 Å². The zero-order valence-corrected chi connectivity index (χ0v) is 12.7. The highest BCUT2D eigenvalue weighted by Crippen LogP contribution is 2.28. The lowest BCUT2D eigenvalue weighted by atomic mass is 9.94. The van der Waals surface area contributed by atoms with Crippen LogP contribution in [0.15, 0.2) is 72.8 Å². The molecule has 0 aromatic heterocycles. The van der Waals surface area contributed by atoms with Crippen molar-refractivity contribution >= 4 is 27.3 Å². The summed E-state index contributed by atoms with van der Waals surface area (Å²) in [5, 5.41) is 22.5. The molecule has 0 atom stereocenters. The minimum Gasteiger partial charge on any atom is -0.508 e. The summed E-state index contributed by atoms with van der Waals surface area (Å²) in [6.07, 6.45) is 0. The molecule has 0 bridgehead atoms. The van der Waals surface area contributed by atoms with Gasteiger partial charge in [-0.2, -0.15) is 0 Å². The van der Waals surface area contributed by atoms with E-state index in [0.29, 0.717) is 11.1 Å². The van der Waals surface area contributed by atoms with Crippen LogP contribution in [0.3, 0.4) is 0 Å². The third-order valence-electron chi connectivity index (χ3n) is 4.22. The molecule has 0 saturated heterocycles. The van der Waals surface area contributed by atoms with Crippen molar-refractivity contribution in [3.63, 3.8) is 0 Å². The Morgan fingerprint density at radius 3 is 1.54 bits per heavy atom. The smallest absolute Gasteiger partial charge is 0.194 e. The monoisotopic (exact) mass is 314 g/mol. The quantitative estimate of drug-likeness (QED) is 0.530. The number of phenols is 2. The Morgan fingerprint density at radius 1 is 0.625 bits per heavy atom. The van der Waals surface area contributed by atoms with E-state index in [1.807, 2.05) is 24.3 Å². The highest BCUT2D eigenvalue weighted by atomic mass is 16.3. The van der Waals surface area contributed by atoms with Crippen LogP contribution in [0.2, 0.25) is 0 Å². The van der Waals surface area contributed by atoms with Gasteiger partial charge in [0.1, 0.15) is 11.5 Å². The minimum atomic E-state index is -0.0809. The van der Waals surface area contributed by atoms with E-state index in [1.54, 1.807) is 48.5 Å². The second kappa shape index (κ2) is 5.39. The Balaban J connectivity index is 1.94. The molecule has 0 unspecified atom stereocenters. The van der Waals surface area contributed by atoms with E-state index in [-0.39, 0.29) is 17.3 Å². The molecule has 0 aliphatic rings. The van der Waals surface area contributed by atoms with Gasteiger partial charge in [-0.15, -0.1) is 0 Å². The topological polar surface area (TPSA) is 57.5 Å². The van der Waals surface area contributed by atoms with Gasteiger partial charge in [0, 0.05) is 11.1 Å². The van der Waals surface area contributed by atoms with E-state index in [1.165, 1.54) is 0 Å². The number of carbonyl (C=O) groups excluding carboxylic acids is 1. The van der Waals surface area contributed by atoms with Crippen molar-refractivity contribution in [2.45, 2.75) is 0 Å². The summed E-state index contributed by atoms with van der Waals surface area (Å²) in [7, 11) is 0. The first-order valence-corrected chi connectivity index (χ1v) is 7.62. The molecule has 0 radical (unpaired) electrons. The molecule has 0 saturated carbocycles. The Hall–Kier alpha value is -3.33. The summed E-state index contributed by atoms with van der Waals surface area (Å²) in [6.45, 7) is 0. The summed E-state index contributed by atoms with van der Waals surface area (Å²) in [5.41, 5.74) is 1.18. The molecule has 0 amide bonds. The third kappa shape index (κ3) is 2.27. The van der Waals surface area contributed by atoms with E-state index < -0.39 is 0 Å². The molecule has 0 spiro atoms. The van der Waals surface area contributed by atoms with Crippen molar-refractivity contribution in [3.05, 3.63) is 83.9 Å². The van der Waals surface area contributed by atoms with Crippen LogP contribution >= 0.6 is 0 Å². The van der Waals surface area contributed by atoms with E-state index in [4.69, 9.17) is 0 Å². The molecule has 116 valence electrons. The predicted octanol–water partition coefficient (Wildman–Crippen LogP) is 4.64. The van der Waals surface area contributed by atoms with Crippen molar-refractivity contribution in [1.29, 1.82) is 0 Å². The van der Waals surface area contributed by atoms with E-state index in [0.717, 1.165) is 21.5 Å². The summed E-state index contributed by atoms with van der Waals surface area (Å²) >= 11 is 0. The number of benzene rings is 4. The van der Waals surface area contributed by atoms with Gasteiger partial charge in [0.05, 0.1) is 0 Å². The van der Waals surface area contributed by atoms with Gasteiger partial charge in [0.15, 0.2) is 5.78 Å². The van der Waals surface area contributed by atoms with Crippen LogP contribution in [-0.4, -0.2) is 16.0 Å². The second-order valence-corrected chi connectivity index (χ2v) is 5.75. The number of carbonyl (C=O) groups is 1. The summed E-state index contributed by atoms with van der Waals surface area (Å²) in [4.78, 5) is 13.1. The molecule has 4 aromatic carbocycles. The van der Waals surface area contributed by atoms with Crippen LogP contribution < -0.4 is 0 Å². The van der Waals surface area contributed by atoms with Crippen LogP contribution in [0.4, 0.5) is 0 Å². The largest absolute Gasteiger partial charge is 0.508 e. The molecule has 2 N–H and O–H groups in total. The van der Waals surface area contributed by atoms with Crippen LogP contribution in [0.5, 0.6) is 11.5 Å². The third-order valence-corrected chi connectivity index (χ3v) is 4.22. The lowest BCUT2D eigenvalue weighted by Gasteiger charge is -2.09. The molecule has 0 aliphatic heterocycles. The first-order valence-electron chi connectivity index (χ1n) is 7.62. The fourth-order valence-electron chi connectivity index (χ4n) is 3.08. The van der Waals surface area contributed by atoms with Crippen molar-refractivity contribution in [2.75, 3.05) is 0 Å². The number of hydrogen-bond donors (Lipinski definition) is 2. The first kappa shape index (κ1) is 14.3. The summed E-state index contributed by atoms with van der Waals surface area (Å²) in [6, 6.07) is 20.9. The normalized spacial score (nSPS) is 11.0. The van der Waals surface area contributed by atoms with Gasteiger partial charge in [-0.1, -0.05) is 36.4 Å². The number of aromatic hydroxyl groups is 2. The number of rotatable bonds is 2. The number of fused-ring (bicyclic) bond motifs is 2. The molecule has 4 aromatic rings. The molecular weight excluding hydrogens is 300 g/mol. The van der Waals surface area contributed by atoms with Gasteiger partial charge in [0.25, 0.3) is 0 Å². The number of hydrogen-bond acceptors (Lipinski definition) is 3. The lowest BCUT2D eigenvalue weighted by Crippen LogP contribution is -2.03. The van der Waals surface area contributed by atoms with E-state index in [2.05, 4.69) is 0 Å². The van der Waals surface area contributed by atoms with Crippen LogP contribution in [0, 0.1) is 0 Å². The number of ketones is 1. The van der Waals surface area contributed by atoms with E-state index in [9.17, 15) is 15.0 Å². The van der Waals surface area contributed by atoms with Gasteiger partial charge in [-0.05, 0) is 57.9 Å². The van der Waals surface area contributed by atoms with Crippen LogP contribution in [0.1, 0.15) is 15.9 Å². The van der Waals surface area contributed by atoms with Crippen LogP contribution in [0.25, 0.3) is 21.5 Å². The van der Waals surface area contributed by atoms with Gasteiger partial charge in [-0.25, -0.2) is 0 Å². The Kier molecular flexibility index (Phi) is 3.21. The fourth-order valence-corrected chi connectivity index (χ4v) is 3.08. The van der Waals surface area contributed by atoms with Crippen molar-refractivity contribution in [2.24, 2.45) is 0 Å². The lowest BCUT2D eigenvalue weighted by molar-refractivity contribution is 0.104. The average Bonchev–Trinajstić information content (AvgIpc) is 2.59. The van der Waals surface area contributed by atoms with Crippen molar-refractivity contribution < 1.29 is 15.0 Å². The van der Waals surface area contributed by atoms with Gasteiger partial charge in [0.2, 0.25) is 0 Å². The Labute approximate surface area is 138 Å². The zero-order chi connectivity index (χ0) is 16.7. The molecule has 24 heavy (non-hydrogen) atoms. The standard InChI is InChI=1S/C21H14O3/c22-15-7-9-17-13(11-15)3-1-5-19(17)21(24)20-6-2-4-14-12-16(23)8-10-18(14)20/h1-12,22-23H. The van der Waals surface area contributed by atoms with Crippen LogP contribution in [-0.2, 0) is 0 Å². The minimum absolute atomic E-state index is 0.0809. The SMILES string of the molecule is O=C(c1cccc2cc(O)ccc12)c1cccc2cc(O)ccc12. The molecule has 0 heterocycles. The predicted molar refractivity (Wildman–Crippen MR) is 94.7 cm³/mol. The van der Waals surface area contributed by atoms with Crippen molar-refractivity contribution in [3.8, 4) is 11.5 Å². The zero-order valence-electron chi connectivity index (χ0n) is 12.7. The molecule has 3 heteroatoms. The molecular formula is C21H14O3. The first-order chi connectivity index (χ1) is 11.6. The molecule has 0 aliphatic carbocycles. The van der Waals surface area contributed by atoms with Gasteiger partial charge < -0.3 is 10.2 Å². The van der Waals surface area contributed by atoms with Gasteiger partial charge >= 0.3 is 0 Å². The Morgan fingerprint density at radius 2 is 1.08 bits per heavy atom. The summed E-state index contributed by atoms with van der Waals surface area (Å²) < 4.78 is 0. The highest BCUT2D eigenvalue weighted by Gasteiger charge is 2.15. The number of phenolic OH excluding ortho intramolecular Hbond substituents is 2. The van der Waals surface area contributed by atoms with Crippen molar-refractivity contribution in [1.82, 2.24) is 0 Å². The maximum atomic E-state index is 13.1. The second-order valence-electron chi connectivity index (χ2n) is 5.75. The van der Waals surface area contributed by atoms with Gasteiger partial charge in [-0.3, -0.25) is 4.79 Å². The fraction of sp³-hybridized carbons (Fsp3) is 0. The maximum absolute atomic E-state index is 13.1. The molecule has 4 rings (SSSR count). The highest BCUT2D eigenvalue weighted by molar-refractivity contribution is 6.21.